The van der Waals surface area contributed by atoms with Crippen LogP contribution in [0.15, 0.2) is 69.2 Å². The molecular formula is C22H17NO4S. The summed E-state index contributed by atoms with van der Waals surface area (Å²) >= 11 is 1.38. The largest absolute Gasteiger partial charge is 0.456 e. The molecule has 0 bridgehead atoms. The van der Waals surface area contributed by atoms with E-state index < -0.39 is 11.6 Å². The Labute approximate surface area is 165 Å². The molecule has 4 rings (SSSR count). The highest BCUT2D eigenvalue weighted by molar-refractivity contribution is 7.13. The molecule has 0 saturated carbocycles. The molecule has 0 spiro atoms. The maximum absolute atomic E-state index is 12.4. The van der Waals surface area contributed by atoms with Gasteiger partial charge in [-0.25, -0.2) is 14.6 Å². The maximum Gasteiger partial charge on any atom is 0.358 e. The molecule has 0 N–H and O–H groups in total. The van der Waals surface area contributed by atoms with Crippen molar-refractivity contribution >= 4 is 28.3 Å². The van der Waals surface area contributed by atoms with Crippen LogP contribution in [-0.4, -0.2) is 11.0 Å². The molecule has 0 atom stereocenters. The van der Waals surface area contributed by atoms with E-state index in [1.54, 1.807) is 5.38 Å². The Morgan fingerprint density at radius 3 is 2.75 bits per heavy atom. The number of nitrogens with zero attached hydrogens (tertiary/aromatic N) is 1. The molecular weight excluding hydrogens is 374 g/mol. The summed E-state index contributed by atoms with van der Waals surface area (Å²) in [5.41, 5.74) is 2.92. The second-order valence-electron chi connectivity index (χ2n) is 6.25. The first-order chi connectivity index (χ1) is 13.6. The van der Waals surface area contributed by atoms with Gasteiger partial charge in [0.05, 0.1) is 0 Å². The van der Waals surface area contributed by atoms with Crippen LogP contribution in [0.1, 0.15) is 28.5 Å². The van der Waals surface area contributed by atoms with Crippen molar-refractivity contribution in [2.75, 3.05) is 0 Å². The minimum atomic E-state index is -0.523. The van der Waals surface area contributed by atoms with Crippen LogP contribution in [0.3, 0.4) is 0 Å². The molecule has 0 amide bonds. The van der Waals surface area contributed by atoms with Gasteiger partial charge in [-0.05, 0) is 18.1 Å². The number of aryl methyl sites for hydroxylation is 1. The van der Waals surface area contributed by atoms with Gasteiger partial charge in [-0.3, -0.25) is 0 Å². The van der Waals surface area contributed by atoms with E-state index in [0.717, 1.165) is 27.9 Å². The number of fused-ring (bicyclic) bond motifs is 1. The molecule has 0 saturated heterocycles. The first-order valence-corrected chi connectivity index (χ1v) is 9.75. The van der Waals surface area contributed by atoms with Crippen LogP contribution >= 0.6 is 11.3 Å². The Morgan fingerprint density at radius 2 is 1.96 bits per heavy atom. The zero-order chi connectivity index (χ0) is 19.5. The third-order valence-corrected chi connectivity index (χ3v) is 5.29. The van der Waals surface area contributed by atoms with E-state index in [0.29, 0.717) is 11.1 Å². The molecule has 0 fully saturated rings. The number of benzene rings is 2. The van der Waals surface area contributed by atoms with E-state index in [1.807, 2.05) is 55.5 Å². The third kappa shape index (κ3) is 3.73. The number of ether oxygens (including phenoxy) is 1. The van der Waals surface area contributed by atoms with Gasteiger partial charge < -0.3 is 9.15 Å². The summed E-state index contributed by atoms with van der Waals surface area (Å²) in [5.74, 6) is -0.523. The number of rotatable bonds is 5. The average Bonchev–Trinajstić information content (AvgIpc) is 3.22. The van der Waals surface area contributed by atoms with Gasteiger partial charge in [0, 0.05) is 28.0 Å². The van der Waals surface area contributed by atoms with E-state index >= 15 is 0 Å². The zero-order valence-electron chi connectivity index (χ0n) is 15.2. The van der Waals surface area contributed by atoms with Gasteiger partial charge in [0.25, 0.3) is 0 Å². The fraction of sp³-hybridized carbons (Fsp3) is 0.136. The van der Waals surface area contributed by atoms with Gasteiger partial charge in [0.1, 0.15) is 17.2 Å². The number of hydrogen-bond acceptors (Lipinski definition) is 6. The molecule has 0 radical (unpaired) electrons. The van der Waals surface area contributed by atoms with Crippen molar-refractivity contribution < 1.29 is 13.9 Å². The standard InChI is InChI=1S/C22H17NO4S/c1-2-14-8-9-17-16(11-20(24)27-19(17)10-14)12-26-22(25)18-13-28-21(23-18)15-6-4-3-5-7-15/h3-11,13H,2,12H2,1H3. The first kappa shape index (κ1) is 18.1. The Kier molecular flexibility index (Phi) is 5.04. The van der Waals surface area contributed by atoms with Crippen LogP contribution in [0.25, 0.3) is 21.5 Å². The Hall–Kier alpha value is -3.25. The van der Waals surface area contributed by atoms with E-state index in [2.05, 4.69) is 4.98 Å². The fourth-order valence-corrected chi connectivity index (χ4v) is 3.71. The maximum atomic E-state index is 12.4. The molecule has 0 aliphatic carbocycles. The summed E-state index contributed by atoms with van der Waals surface area (Å²) in [6.45, 7) is 2.01. The van der Waals surface area contributed by atoms with Crippen molar-refractivity contribution in [3.63, 3.8) is 0 Å². The van der Waals surface area contributed by atoms with Crippen molar-refractivity contribution in [2.24, 2.45) is 0 Å². The van der Waals surface area contributed by atoms with Crippen LogP contribution in [0.2, 0.25) is 0 Å². The van der Waals surface area contributed by atoms with E-state index in [1.165, 1.54) is 17.4 Å². The SMILES string of the molecule is CCc1ccc2c(COC(=O)c3csc(-c4ccccc4)n3)cc(=O)oc2c1. The lowest BCUT2D eigenvalue weighted by Gasteiger charge is -2.07. The van der Waals surface area contributed by atoms with Crippen LogP contribution in [0, 0.1) is 0 Å². The normalized spacial score (nSPS) is 10.9. The number of aromatic nitrogens is 1. The number of carbonyl (C=O) groups is 1. The molecule has 2 heterocycles. The summed E-state index contributed by atoms with van der Waals surface area (Å²) in [4.78, 5) is 28.6. The number of esters is 1. The van der Waals surface area contributed by atoms with Crippen molar-refractivity contribution in [3.8, 4) is 10.6 Å². The van der Waals surface area contributed by atoms with Crippen LogP contribution in [-0.2, 0) is 17.8 Å². The monoisotopic (exact) mass is 391 g/mol. The van der Waals surface area contributed by atoms with Crippen molar-refractivity contribution in [1.29, 1.82) is 0 Å². The lowest BCUT2D eigenvalue weighted by molar-refractivity contribution is 0.0468. The van der Waals surface area contributed by atoms with Gasteiger partial charge in [0.15, 0.2) is 5.69 Å². The van der Waals surface area contributed by atoms with Crippen molar-refractivity contribution in [2.45, 2.75) is 20.0 Å². The summed E-state index contributed by atoms with van der Waals surface area (Å²) in [6.07, 6.45) is 0.840. The fourth-order valence-electron chi connectivity index (χ4n) is 2.91. The summed E-state index contributed by atoms with van der Waals surface area (Å²) in [5, 5.41) is 3.19. The second kappa shape index (κ2) is 7.78. The average molecular weight is 391 g/mol. The van der Waals surface area contributed by atoms with Gasteiger partial charge in [-0.2, -0.15) is 0 Å². The molecule has 28 heavy (non-hydrogen) atoms. The second-order valence-corrected chi connectivity index (χ2v) is 7.11. The summed E-state index contributed by atoms with van der Waals surface area (Å²) in [6, 6.07) is 16.7. The van der Waals surface area contributed by atoms with Gasteiger partial charge >= 0.3 is 11.6 Å². The summed E-state index contributed by atoms with van der Waals surface area (Å²) in [7, 11) is 0. The number of carbonyl (C=O) groups excluding carboxylic acids is 1. The lowest BCUT2D eigenvalue weighted by atomic mass is 10.1. The lowest BCUT2D eigenvalue weighted by Crippen LogP contribution is -2.08. The van der Waals surface area contributed by atoms with Crippen LogP contribution in [0.4, 0.5) is 0 Å². The molecule has 6 heteroatoms. The first-order valence-electron chi connectivity index (χ1n) is 8.88. The van der Waals surface area contributed by atoms with E-state index in [9.17, 15) is 9.59 Å². The Bertz CT molecular complexity index is 1190. The number of thiazole rings is 1. The molecule has 4 aromatic rings. The minimum Gasteiger partial charge on any atom is -0.456 e. The van der Waals surface area contributed by atoms with Crippen LogP contribution < -0.4 is 5.63 Å². The Balaban J connectivity index is 1.54. The van der Waals surface area contributed by atoms with E-state index in [-0.39, 0.29) is 12.3 Å². The van der Waals surface area contributed by atoms with Gasteiger partial charge in [-0.15, -0.1) is 11.3 Å². The van der Waals surface area contributed by atoms with Crippen molar-refractivity contribution in [1.82, 2.24) is 4.98 Å². The quantitative estimate of drug-likeness (QED) is 0.360. The van der Waals surface area contributed by atoms with E-state index in [4.69, 9.17) is 9.15 Å². The van der Waals surface area contributed by atoms with Crippen molar-refractivity contribution in [3.05, 3.63) is 87.2 Å². The molecule has 5 nitrogen and oxygen atoms in total. The summed E-state index contributed by atoms with van der Waals surface area (Å²) < 4.78 is 10.7. The number of hydrogen-bond donors (Lipinski definition) is 0. The minimum absolute atomic E-state index is 0.0232. The Morgan fingerprint density at radius 1 is 1.14 bits per heavy atom. The topological polar surface area (TPSA) is 69.4 Å². The molecule has 2 aromatic carbocycles. The molecule has 140 valence electrons. The predicted molar refractivity (Wildman–Crippen MR) is 109 cm³/mol. The third-order valence-electron chi connectivity index (χ3n) is 4.40. The smallest absolute Gasteiger partial charge is 0.358 e. The highest BCUT2D eigenvalue weighted by atomic mass is 32.1. The predicted octanol–water partition coefficient (Wildman–Crippen LogP) is 4.84. The zero-order valence-corrected chi connectivity index (χ0v) is 16.0. The molecule has 2 aromatic heterocycles. The molecule has 0 aliphatic rings. The van der Waals surface area contributed by atoms with Crippen LogP contribution in [0.5, 0.6) is 0 Å². The molecule has 0 unspecified atom stereocenters. The van der Waals surface area contributed by atoms with Gasteiger partial charge in [0.2, 0.25) is 0 Å². The highest BCUT2D eigenvalue weighted by Crippen LogP contribution is 2.24. The molecule has 0 aliphatic heterocycles. The highest BCUT2D eigenvalue weighted by Gasteiger charge is 2.15. The van der Waals surface area contributed by atoms with Gasteiger partial charge in [-0.1, -0.05) is 49.4 Å².